The molecule has 3 rings (SSSR count). The van der Waals surface area contributed by atoms with Crippen molar-refractivity contribution in [1.82, 2.24) is 5.32 Å². The number of hydrogen-bond acceptors (Lipinski definition) is 9. The summed E-state index contributed by atoms with van der Waals surface area (Å²) in [5, 5.41) is 27.9. The number of phenols is 1. The number of anilines is 2. The number of carbonyl (C=O) groups is 2. The number of unbranched alkanes of at least 4 members (excludes halogenated alkanes) is 1. The Hall–Kier alpha value is -3.97. The number of esters is 1. The summed E-state index contributed by atoms with van der Waals surface area (Å²) in [7, 11) is -2.56. The van der Waals surface area contributed by atoms with E-state index < -0.39 is 16.1 Å². The van der Waals surface area contributed by atoms with E-state index >= 15 is 0 Å². The van der Waals surface area contributed by atoms with Crippen molar-refractivity contribution in [2.75, 3.05) is 31.7 Å². The SMILES string of the molecule is COC(=O)CCCCC(=O)N(c1ccc(CCNC[C@H](O)COc2ccc(O)cc2)cc1)c1ccc(S(N)(=O)=O)cc1. The first kappa shape index (κ1) is 32.5. The van der Waals surface area contributed by atoms with Gasteiger partial charge in [0.1, 0.15) is 24.2 Å². The third kappa shape index (κ3) is 10.5. The van der Waals surface area contributed by atoms with Crippen LogP contribution in [0.5, 0.6) is 11.5 Å². The maximum absolute atomic E-state index is 13.3. The van der Waals surface area contributed by atoms with Crippen molar-refractivity contribution in [3.63, 3.8) is 0 Å². The molecule has 5 N–H and O–H groups in total. The van der Waals surface area contributed by atoms with Crippen LogP contribution in [0.1, 0.15) is 31.2 Å². The van der Waals surface area contributed by atoms with Crippen molar-refractivity contribution in [2.45, 2.75) is 43.1 Å². The van der Waals surface area contributed by atoms with Crippen molar-refractivity contribution in [2.24, 2.45) is 5.14 Å². The summed E-state index contributed by atoms with van der Waals surface area (Å²) in [6, 6.07) is 19.5. The molecule has 0 aliphatic carbocycles. The molecule has 12 heteroatoms. The molecule has 0 aliphatic heterocycles. The Kier molecular flexibility index (Phi) is 12.3. The predicted octanol–water partition coefficient (Wildman–Crippen LogP) is 3.01. The van der Waals surface area contributed by atoms with Crippen molar-refractivity contribution in [3.05, 3.63) is 78.4 Å². The van der Waals surface area contributed by atoms with Gasteiger partial charge in [-0.05, 0) is 92.0 Å². The van der Waals surface area contributed by atoms with Gasteiger partial charge in [-0.15, -0.1) is 0 Å². The highest BCUT2D eigenvalue weighted by Crippen LogP contribution is 2.28. The molecule has 0 heterocycles. The molecular weight excluding hydrogens is 562 g/mol. The zero-order valence-electron chi connectivity index (χ0n) is 23.4. The first-order valence-corrected chi connectivity index (χ1v) is 15.0. The number of primary sulfonamides is 1. The molecule has 0 fully saturated rings. The lowest BCUT2D eigenvalue weighted by atomic mass is 10.1. The lowest BCUT2D eigenvalue weighted by Crippen LogP contribution is -2.32. The molecular formula is C30H37N3O8S. The minimum atomic E-state index is -3.88. The summed E-state index contributed by atoms with van der Waals surface area (Å²) in [5.41, 5.74) is 2.10. The molecule has 1 amide bonds. The van der Waals surface area contributed by atoms with Crippen LogP contribution in [0.15, 0.2) is 77.7 Å². The number of benzene rings is 3. The molecule has 226 valence electrons. The van der Waals surface area contributed by atoms with E-state index in [4.69, 9.17) is 9.88 Å². The van der Waals surface area contributed by atoms with E-state index in [-0.39, 0.29) is 42.0 Å². The molecule has 0 radical (unpaired) electrons. The molecule has 0 aliphatic rings. The first-order chi connectivity index (χ1) is 20.1. The van der Waals surface area contributed by atoms with E-state index in [2.05, 4.69) is 10.1 Å². The topological polar surface area (TPSA) is 168 Å². The number of aliphatic hydroxyl groups excluding tert-OH is 1. The van der Waals surface area contributed by atoms with Crippen molar-refractivity contribution < 1.29 is 37.7 Å². The molecule has 1 atom stereocenters. The van der Waals surface area contributed by atoms with Crippen molar-refractivity contribution in [1.29, 1.82) is 0 Å². The van der Waals surface area contributed by atoms with Crippen LogP contribution in [0.3, 0.4) is 0 Å². The van der Waals surface area contributed by atoms with Gasteiger partial charge in [0.15, 0.2) is 0 Å². The molecule has 0 unspecified atom stereocenters. The number of phenolic OH excluding ortho intramolecular Hbond substituents is 1. The lowest BCUT2D eigenvalue weighted by Gasteiger charge is -2.24. The van der Waals surface area contributed by atoms with E-state index in [1.54, 1.807) is 12.1 Å². The van der Waals surface area contributed by atoms with Gasteiger partial charge in [-0.2, -0.15) is 0 Å². The monoisotopic (exact) mass is 599 g/mol. The number of carbonyl (C=O) groups excluding carboxylic acids is 2. The van der Waals surface area contributed by atoms with Gasteiger partial charge < -0.3 is 25.0 Å². The van der Waals surface area contributed by atoms with E-state index in [9.17, 15) is 28.2 Å². The number of ether oxygens (including phenoxy) is 2. The van der Waals surface area contributed by atoms with Crippen molar-refractivity contribution >= 4 is 33.3 Å². The van der Waals surface area contributed by atoms with E-state index in [1.807, 2.05) is 24.3 Å². The second-order valence-corrected chi connectivity index (χ2v) is 11.2. The minimum Gasteiger partial charge on any atom is -0.508 e. The maximum Gasteiger partial charge on any atom is 0.305 e. The normalized spacial score (nSPS) is 12.0. The van der Waals surface area contributed by atoms with Gasteiger partial charge in [0.2, 0.25) is 15.9 Å². The van der Waals surface area contributed by atoms with Gasteiger partial charge in [-0.25, -0.2) is 13.6 Å². The van der Waals surface area contributed by atoms with Crippen molar-refractivity contribution in [3.8, 4) is 11.5 Å². The second kappa shape index (κ2) is 15.9. The predicted molar refractivity (Wildman–Crippen MR) is 158 cm³/mol. The van der Waals surface area contributed by atoms with Gasteiger partial charge in [0, 0.05) is 30.8 Å². The van der Waals surface area contributed by atoms with Crippen LogP contribution in [-0.2, 0) is 30.8 Å². The Morgan fingerprint density at radius 2 is 1.52 bits per heavy atom. The number of aliphatic hydroxyl groups is 1. The van der Waals surface area contributed by atoms with Gasteiger partial charge in [0.05, 0.1) is 12.0 Å². The zero-order chi connectivity index (χ0) is 30.5. The van der Waals surface area contributed by atoms with Crippen LogP contribution >= 0.6 is 0 Å². The summed E-state index contributed by atoms with van der Waals surface area (Å²) in [5.74, 6) is 0.158. The number of aromatic hydroxyl groups is 1. The van der Waals surface area contributed by atoms with Gasteiger partial charge in [-0.1, -0.05) is 12.1 Å². The lowest BCUT2D eigenvalue weighted by molar-refractivity contribution is -0.140. The van der Waals surface area contributed by atoms with Gasteiger partial charge >= 0.3 is 5.97 Å². The Morgan fingerprint density at radius 3 is 2.12 bits per heavy atom. The van der Waals surface area contributed by atoms with E-state index in [1.165, 1.54) is 48.4 Å². The van der Waals surface area contributed by atoms with Crippen LogP contribution < -0.4 is 20.1 Å². The largest absolute Gasteiger partial charge is 0.508 e. The zero-order valence-corrected chi connectivity index (χ0v) is 24.3. The third-order valence-corrected chi connectivity index (χ3v) is 7.30. The summed E-state index contributed by atoms with van der Waals surface area (Å²) >= 11 is 0. The summed E-state index contributed by atoms with van der Waals surface area (Å²) < 4.78 is 33.5. The fourth-order valence-electron chi connectivity index (χ4n) is 4.09. The third-order valence-electron chi connectivity index (χ3n) is 6.37. The summed E-state index contributed by atoms with van der Waals surface area (Å²) in [6.45, 7) is 1.05. The Morgan fingerprint density at radius 1 is 0.929 bits per heavy atom. The highest BCUT2D eigenvalue weighted by atomic mass is 32.2. The highest BCUT2D eigenvalue weighted by molar-refractivity contribution is 7.89. The molecule has 42 heavy (non-hydrogen) atoms. The highest BCUT2D eigenvalue weighted by Gasteiger charge is 2.19. The number of rotatable bonds is 16. The molecule has 3 aromatic rings. The molecule has 3 aromatic carbocycles. The molecule has 0 spiro atoms. The van der Waals surface area contributed by atoms with Gasteiger partial charge in [-0.3, -0.25) is 14.5 Å². The van der Waals surface area contributed by atoms with Crippen LogP contribution in [0.4, 0.5) is 11.4 Å². The number of amides is 1. The fraction of sp³-hybridized carbons (Fsp3) is 0.333. The number of nitrogens with one attached hydrogen (secondary N) is 1. The Labute approximate surface area is 245 Å². The Bertz CT molecular complexity index is 1400. The quantitative estimate of drug-likeness (QED) is 0.143. The number of methoxy groups -OCH3 is 1. The number of hydrogen-bond donors (Lipinski definition) is 4. The van der Waals surface area contributed by atoms with Crippen LogP contribution in [0.25, 0.3) is 0 Å². The fourth-order valence-corrected chi connectivity index (χ4v) is 4.60. The Balaban J connectivity index is 1.57. The number of nitrogens with zero attached hydrogens (tertiary/aromatic N) is 1. The molecule has 0 saturated carbocycles. The number of nitrogens with two attached hydrogens (primary N) is 1. The summed E-state index contributed by atoms with van der Waals surface area (Å²) in [4.78, 5) is 26.1. The standard InChI is InChI=1S/C30H37N3O8S/c1-40-30(37)5-3-2-4-29(36)33(24-10-16-28(17-11-24)42(31,38)39)23-8-6-22(7-9-23)18-19-32-20-26(35)21-41-27-14-12-25(34)13-15-27/h6-17,26,32,34-35H,2-5,18-21H2,1H3,(H2,31,38,39)/t26-/m0/s1. The molecule has 0 bridgehead atoms. The second-order valence-electron chi connectivity index (χ2n) is 9.63. The maximum atomic E-state index is 13.3. The van der Waals surface area contributed by atoms with Gasteiger partial charge in [0.25, 0.3) is 0 Å². The minimum absolute atomic E-state index is 0.0587. The smallest absolute Gasteiger partial charge is 0.305 e. The first-order valence-electron chi connectivity index (χ1n) is 13.5. The van der Waals surface area contributed by atoms with Crippen LogP contribution in [0.2, 0.25) is 0 Å². The number of sulfonamides is 1. The molecule has 0 saturated heterocycles. The summed E-state index contributed by atoms with van der Waals surface area (Å²) in [6.07, 6.45) is 1.34. The van der Waals surface area contributed by atoms with Crippen LogP contribution in [-0.4, -0.2) is 63.4 Å². The van der Waals surface area contributed by atoms with Crippen LogP contribution in [0, 0.1) is 0 Å². The molecule has 11 nitrogen and oxygen atoms in total. The average molecular weight is 600 g/mol. The average Bonchev–Trinajstić information content (AvgIpc) is 2.98. The van der Waals surface area contributed by atoms with E-state index in [0.29, 0.717) is 49.5 Å². The molecule has 0 aromatic heterocycles. The van der Waals surface area contributed by atoms with E-state index in [0.717, 1.165) is 5.56 Å².